The number of hydrogen-bond acceptors (Lipinski definition) is 6. The number of amides is 2. The van der Waals surface area contributed by atoms with Crippen molar-refractivity contribution >= 4 is 29.3 Å². The summed E-state index contributed by atoms with van der Waals surface area (Å²) in [5, 5.41) is 11.7. The number of hydrogen-bond donors (Lipinski definition) is 2. The SMILES string of the molecule is Cc1ccc(C)c(NC(=O)CSc2nnc(-c3ccco3)n2CCC(N)=O)c1. The Balaban J connectivity index is 1.71. The highest BCUT2D eigenvalue weighted by atomic mass is 32.2. The van der Waals surface area contributed by atoms with E-state index in [1.165, 1.54) is 18.0 Å². The van der Waals surface area contributed by atoms with Crippen LogP contribution in [0.25, 0.3) is 11.6 Å². The highest BCUT2D eigenvalue weighted by molar-refractivity contribution is 7.99. The van der Waals surface area contributed by atoms with Crippen molar-refractivity contribution in [1.29, 1.82) is 0 Å². The van der Waals surface area contributed by atoms with Gasteiger partial charge in [0.1, 0.15) is 0 Å². The molecule has 3 aromatic rings. The molecule has 0 saturated carbocycles. The molecule has 0 bridgehead atoms. The van der Waals surface area contributed by atoms with Crippen LogP contribution < -0.4 is 11.1 Å². The summed E-state index contributed by atoms with van der Waals surface area (Å²) in [4.78, 5) is 23.6. The van der Waals surface area contributed by atoms with E-state index in [0.29, 0.717) is 23.3 Å². The first-order chi connectivity index (χ1) is 13.4. The number of nitrogens with zero attached hydrogens (tertiary/aromatic N) is 3. The lowest BCUT2D eigenvalue weighted by Gasteiger charge is -2.10. The van der Waals surface area contributed by atoms with E-state index >= 15 is 0 Å². The number of nitrogens with one attached hydrogen (secondary N) is 1. The predicted octanol–water partition coefficient (Wildman–Crippen LogP) is 2.76. The Morgan fingerprint density at radius 1 is 1.25 bits per heavy atom. The Hall–Kier alpha value is -3.07. The van der Waals surface area contributed by atoms with Crippen LogP contribution in [0.4, 0.5) is 5.69 Å². The minimum Gasteiger partial charge on any atom is -0.461 e. The van der Waals surface area contributed by atoms with E-state index in [2.05, 4.69) is 15.5 Å². The number of carbonyl (C=O) groups excluding carboxylic acids is 2. The zero-order valence-electron chi connectivity index (χ0n) is 15.6. The second kappa shape index (κ2) is 8.75. The molecule has 28 heavy (non-hydrogen) atoms. The second-order valence-electron chi connectivity index (χ2n) is 6.31. The third kappa shape index (κ3) is 4.80. The van der Waals surface area contributed by atoms with Crippen LogP contribution in [0.1, 0.15) is 17.5 Å². The van der Waals surface area contributed by atoms with Gasteiger partial charge in [-0.05, 0) is 43.2 Å². The summed E-state index contributed by atoms with van der Waals surface area (Å²) >= 11 is 1.24. The van der Waals surface area contributed by atoms with Crippen LogP contribution >= 0.6 is 11.8 Å². The molecule has 2 heterocycles. The summed E-state index contributed by atoms with van der Waals surface area (Å²) in [6.07, 6.45) is 1.67. The van der Waals surface area contributed by atoms with E-state index in [-0.39, 0.29) is 18.1 Å². The van der Waals surface area contributed by atoms with E-state index < -0.39 is 5.91 Å². The molecule has 0 aliphatic rings. The summed E-state index contributed by atoms with van der Waals surface area (Å²) in [6, 6.07) is 9.40. The van der Waals surface area contributed by atoms with Crippen LogP contribution in [0.2, 0.25) is 0 Å². The normalized spacial score (nSPS) is 10.8. The lowest BCUT2D eigenvalue weighted by atomic mass is 10.1. The monoisotopic (exact) mass is 399 g/mol. The highest BCUT2D eigenvalue weighted by Crippen LogP contribution is 2.25. The number of primary amides is 1. The molecular formula is C19H21N5O3S. The molecular weight excluding hydrogens is 378 g/mol. The quantitative estimate of drug-likeness (QED) is 0.563. The maximum atomic E-state index is 12.4. The predicted molar refractivity (Wildman–Crippen MR) is 107 cm³/mol. The molecule has 0 aliphatic heterocycles. The zero-order chi connectivity index (χ0) is 20.1. The maximum Gasteiger partial charge on any atom is 0.234 e. The first-order valence-electron chi connectivity index (χ1n) is 8.69. The first kappa shape index (κ1) is 19.7. The number of aryl methyl sites for hydroxylation is 2. The third-order valence-corrected chi connectivity index (χ3v) is 5.01. The van der Waals surface area contributed by atoms with Crippen molar-refractivity contribution in [3.63, 3.8) is 0 Å². The van der Waals surface area contributed by atoms with Gasteiger partial charge in [-0.2, -0.15) is 0 Å². The van der Waals surface area contributed by atoms with Crippen LogP contribution in [-0.4, -0.2) is 32.3 Å². The fourth-order valence-corrected chi connectivity index (χ4v) is 3.36. The van der Waals surface area contributed by atoms with Gasteiger partial charge in [0, 0.05) is 18.7 Å². The minimum atomic E-state index is -0.428. The fraction of sp³-hybridized carbons (Fsp3) is 0.263. The highest BCUT2D eigenvalue weighted by Gasteiger charge is 2.18. The fourth-order valence-electron chi connectivity index (χ4n) is 2.59. The zero-order valence-corrected chi connectivity index (χ0v) is 16.5. The average Bonchev–Trinajstić information content (AvgIpc) is 3.30. The van der Waals surface area contributed by atoms with Gasteiger partial charge in [0.05, 0.1) is 12.0 Å². The summed E-state index contributed by atoms with van der Waals surface area (Å²) in [7, 11) is 0. The molecule has 2 aromatic heterocycles. The van der Waals surface area contributed by atoms with E-state index in [0.717, 1.165) is 16.8 Å². The first-order valence-corrected chi connectivity index (χ1v) is 9.68. The van der Waals surface area contributed by atoms with Crippen LogP contribution in [0.3, 0.4) is 0 Å². The maximum absolute atomic E-state index is 12.4. The Morgan fingerprint density at radius 2 is 2.07 bits per heavy atom. The van der Waals surface area contributed by atoms with Gasteiger partial charge in [0.25, 0.3) is 0 Å². The number of aromatic nitrogens is 3. The van der Waals surface area contributed by atoms with Gasteiger partial charge in [0.15, 0.2) is 16.7 Å². The smallest absolute Gasteiger partial charge is 0.234 e. The minimum absolute atomic E-state index is 0.133. The van der Waals surface area contributed by atoms with Gasteiger partial charge in [0.2, 0.25) is 11.8 Å². The number of anilines is 1. The average molecular weight is 399 g/mol. The molecule has 8 nitrogen and oxygen atoms in total. The molecule has 9 heteroatoms. The van der Waals surface area contributed by atoms with Crippen molar-refractivity contribution in [2.75, 3.05) is 11.1 Å². The molecule has 3 N–H and O–H groups in total. The summed E-state index contributed by atoms with van der Waals surface area (Å²) in [5.74, 6) is 0.595. The number of furan rings is 1. The van der Waals surface area contributed by atoms with Gasteiger partial charge in [-0.3, -0.25) is 14.2 Å². The van der Waals surface area contributed by atoms with E-state index in [9.17, 15) is 9.59 Å². The van der Waals surface area contributed by atoms with Gasteiger partial charge in [-0.15, -0.1) is 10.2 Å². The van der Waals surface area contributed by atoms with Gasteiger partial charge >= 0.3 is 0 Å². The van der Waals surface area contributed by atoms with E-state index in [1.54, 1.807) is 16.7 Å². The van der Waals surface area contributed by atoms with Crippen LogP contribution in [0.15, 0.2) is 46.2 Å². The summed E-state index contributed by atoms with van der Waals surface area (Å²) in [5.41, 5.74) is 8.13. The van der Waals surface area contributed by atoms with Crippen LogP contribution in [0.5, 0.6) is 0 Å². The molecule has 0 aliphatic carbocycles. The Morgan fingerprint density at radius 3 is 2.79 bits per heavy atom. The second-order valence-corrected chi connectivity index (χ2v) is 7.25. The van der Waals surface area contributed by atoms with Crippen molar-refractivity contribution in [1.82, 2.24) is 14.8 Å². The molecule has 0 unspecified atom stereocenters. The molecule has 0 radical (unpaired) electrons. The molecule has 0 fully saturated rings. The van der Waals surface area contributed by atoms with Crippen molar-refractivity contribution in [3.05, 3.63) is 47.7 Å². The Labute approximate surface area is 166 Å². The summed E-state index contributed by atoms with van der Waals surface area (Å²) < 4.78 is 7.12. The van der Waals surface area contributed by atoms with Crippen molar-refractivity contribution < 1.29 is 14.0 Å². The molecule has 0 saturated heterocycles. The third-order valence-electron chi connectivity index (χ3n) is 4.04. The van der Waals surface area contributed by atoms with E-state index in [4.69, 9.17) is 10.2 Å². The Bertz CT molecular complexity index is 982. The molecule has 146 valence electrons. The molecule has 0 atom stereocenters. The van der Waals surface area contributed by atoms with Crippen molar-refractivity contribution in [2.24, 2.45) is 5.73 Å². The van der Waals surface area contributed by atoms with Crippen molar-refractivity contribution in [3.8, 4) is 11.6 Å². The topological polar surface area (TPSA) is 116 Å². The number of carbonyl (C=O) groups is 2. The Kier molecular flexibility index (Phi) is 6.15. The van der Waals surface area contributed by atoms with Gasteiger partial charge in [-0.25, -0.2) is 0 Å². The lowest BCUT2D eigenvalue weighted by Crippen LogP contribution is -2.17. The number of rotatable bonds is 8. The van der Waals surface area contributed by atoms with Crippen molar-refractivity contribution in [2.45, 2.75) is 32.0 Å². The number of nitrogens with two attached hydrogens (primary N) is 1. The molecule has 1 aromatic carbocycles. The molecule has 2 amide bonds. The van der Waals surface area contributed by atoms with Gasteiger partial charge < -0.3 is 15.5 Å². The molecule has 0 spiro atoms. The standard InChI is InChI=1S/C19H21N5O3S/c1-12-5-6-13(2)14(10-12)21-17(26)11-28-19-23-22-18(15-4-3-9-27-15)24(19)8-7-16(20)25/h3-6,9-10H,7-8,11H2,1-2H3,(H2,20,25)(H,21,26). The van der Waals surface area contributed by atoms with Crippen LogP contribution in [0, 0.1) is 13.8 Å². The van der Waals surface area contributed by atoms with E-state index in [1.807, 2.05) is 32.0 Å². The number of thioether (sulfide) groups is 1. The van der Waals surface area contributed by atoms with Gasteiger partial charge in [-0.1, -0.05) is 23.9 Å². The number of benzene rings is 1. The lowest BCUT2D eigenvalue weighted by molar-refractivity contribution is -0.118. The van der Waals surface area contributed by atoms with Crippen LogP contribution in [-0.2, 0) is 16.1 Å². The largest absolute Gasteiger partial charge is 0.461 e. The summed E-state index contributed by atoms with van der Waals surface area (Å²) in [6.45, 7) is 4.22. The molecule has 3 rings (SSSR count).